The van der Waals surface area contributed by atoms with Crippen LogP contribution in [0.2, 0.25) is 0 Å². The van der Waals surface area contributed by atoms with E-state index in [-0.39, 0.29) is 23.8 Å². The van der Waals surface area contributed by atoms with Gasteiger partial charge in [0.1, 0.15) is 11.6 Å². The molecule has 0 spiro atoms. The number of nitrogens with zero attached hydrogens (tertiary/aromatic N) is 2. The summed E-state index contributed by atoms with van der Waals surface area (Å²) >= 11 is 1.40. The zero-order chi connectivity index (χ0) is 18.7. The minimum absolute atomic E-state index is 0.120. The van der Waals surface area contributed by atoms with Gasteiger partial charge < -0.3 is 14.6 Å². The number of carbonyl (C=O) groups is 1. The lowest BCUT2D eigenvalue weighted by Crippen LogP contribution is -2.33. The number of hydrogen-bond acceptors (Lipinski definition) is 5. The van der Waals surface area contributed by atoms with E-state index < -0.39 is 0 Å². The van der Waals surface area contributed by atoms with E-state index in [2.05, 4.69) is 16.9 Å². The Labute approximate surface area is 156 Å². The maximum absolute atomic E-state index is 12.8. The fourth-order valence-electron chi connectivity index (χ4n) is 3.07. The first-order valence-electron chi connectivity index (χ1n) is 8.42. The molecule has 2 heterocycles. The second kappa shape index (κ2) is 7.78. The number of hydrogen-bond donors (Lipinski definition) is 1. The number of fused-ring (bicyclic) bond motifs is 1. The van der Waals surface area contributed by atoms with Crippen LogP contribution in [0.5, 0.6) is 5.75 Å². The molecule has 0 aliphatic carbocycles. The summed E-state index contributed by atoms with van der Waals surface area (Å²) in [5.41, 5.74) is 1.08. The molecule has 1 unspecified atom stereocenters. The fraction of sp³-hybridized carbons (Fsp3) is 0.316. The van der Waals surface area contributed by atoms with Crippen molar-refractivity contribution >= 4 is 23.5 Å². The van der Waals surface area contributed by atoms with Crippen LogP contribution in [0.3, 0.4) is 0 Å². The molecule has 0 fully saturated rings. The summed E-state index contributed by atoms with van der Waals surface area (Å²) in [5, 5.41) is 3.39. The number of rotatable bonds is 6. The number of aromatic nitrogens is 2. The van der Waals surface area contributed by atoms with E-state index in [9.17, 15) is 9.59 Å². The lowest BCUT2D eigenvalue weighted by Gasteiger charge is -2.27. The highest BCUT2D eigenvalue weighted by molar-refractivity contribution is 7.99. The van der Waals surface area contributed by atoms with Crippen molar-refractivity contribution in [3.05, 3.63) is 58.4 Å². The number of anilines is 1. The minimum Gasteiger partial charge on any atom is -0.494 e. The highest BCUT2D eigenvalue weighted by Crippen LogP contribution is 2.36. The molecule has 7 heteroatoms. The number of benzene rings is 1. The molecule has 1 aromatic carbocycles. The molecule has 3 rings (SSSR count). The van der Waals surface area contributed by atoms with Crippen LogP contribution in [0.1, 0.15) is 30.4 Å². The molecule has 0 radical (unpaired) electrons. The van der Waals surface area contributed by atoms with Gasteiger partial charge >= 0.3 is 0 Å². The van der Waals surface area contributed by atoms with Gasteiger partial charge in [-0.25, -0.2) is 0 Å². The number of nitrogens with one attached hydrogen (secondary N) is 1. The first-order chi connectivity index (χ1) is 12.5. The number of carbonyl (C=O) groups excluding carboxylic acids is 1. The SMILES string of the molecule is C=CCSc1nc(=O)c2c(n1C)NC(=O)CC2c1cccc(OCC)c1. The number of thioether (sulfide) groups is 1. The van der Waals surface area contributed by atoms with Gasteiger partial charge in [0.2, 0.25) is 5.91 Å². The van der Waals surface area contributed by atoms with Crippen LogP contribution in [0.15, 0.2) is 46.9 Å². The van der Waals surface area contributed by atoms with Crippen LogP contribution in [-0.4, -0.2) is 27.8 Å². The minimum atomic E-state index is -0.344. The molecule has 6 nitrogen and oxygen atoms in total. The van der Waals surface area contributed by atoms with Crippen LogP contribution in [0.4, 0.5) is 5.82 Å². The van der Waals surface area contributed by atoms with Gasteiger partial charge in [-0.05, 0) is 24.6 Å². The molecule has 1 N–H and O–H groups in total. The van der Waals surface area contributed by atoms with Gasteiger partial charge in [-0.3, -0.25) is 9.59 Å². The highest BCUT2D eigenvalue weighted by atomic mass is 32.2. The van der Waals surface area contributed by atoms with Gasteiger partial charge in [0.15, 0.2) is 5.16 Å². The van der Waals surface area contributed by atoms with Gasteiger partial charge in [-0.2, -0.15) is 4.98 Å². The first kappa shape index (κ1) is 18.3. The third kappa shape index (κ3) is 3.53. The molecule has 136 valence electrons. The lowest BCUT2D eigenvalue weighted by molar-refractivity contribution is -0.116. The predicted molar refractivity (Wildman–Crippen MR) is 103 cm³/mol. The largest absolute Gasteiger partial charge is 0.494 e. The summed E-state index contributed by atoms with van der Waals surface area (Å²) < 4.78 is 7.32. The number of amides is 1. The maximum Gasteiger partial charge on any atom is 0.279 e. The first-order valence-corrected chi connectivity index (χ1v) is 9.41. The Morgan fingerprint density at radius 1 is 1.46 bits per heavy atom. The van der Waals surface area contributed by atoms with Crippen LogP contribution in [0.25, 0.3) is 0 Å². The molecule has 0 bridgehead atoms. The fourth-order valence-corrected chi connectivity index (χ4v) is 3.77. The van der Waals surface area contributed by atoms with Crippen LogP contribution >= 0.6 is 11.8 Å². The van der Waals surface area contributed by atoms with E-state index in [1.165, 1.54) is 11.8 Å². The smallest absolute Gasteiger partial charge is 0.279 e. The predicted octanol–water partition coefficient (Wildman–Crippen LogP) is 2.93. The third-order valence-corrected chi connectivity index (χ3v) is 5.23. The van der Waals surface area contributed by atoms with Crippen molar-refractivity contribution in [2.75, 3.05) is 17.7 Å². The van der Waals surface area contributed by atoms with Crippen molar-refractivity contribution in [1.29, 1.82) is 0 Å². The molecule has 0 saturated heterocycles. The van der Waals surface area contributed by atoms with E-state index in [1.54, 1.807) is 17.7 Å². The Kier molecular flexibility index (Phi) is 5.46. The standard InChI is InChI=1S/C19H21N3O3S/c1-4-9-26-19-21-18(24)16-14(11-15(23)20-17(16)22(19)3)12-7-6-8-13(10-12)25-5-2/h4,6-8,10,14H,1,5,9,11H2,2-3H3,(H,20,23). The van der Waals surface area contributed by atoms with Crippen molar-refractivity contribution in [3.63, 3.8) is 0 Å². The third-order valence-electron chi connectivity index (χ3n) is 4.20. The molecule has 2 aromatic rings. The molecule has 1 aliphatic rings. The van der Waals surface area contributed by atoms with Crippen molar-refractivity contribution in [2.45, 2.75) is 24.4 Å². The molecule has 26 heavy (non-hydrogen) atoms. The molecule has 1 aliphatic heterocycles. The second-order valence-electron chi connectivity index (χ2n) is 5.93. The van der Waals surface area contributed by atoms with Gasteiger partial charge in [-0.15, -0.1) is 6.58 Å². The Hall–Kier alpha value is -2.54. The Bertz CT molecular complexity index is 907. The molecule has 0 saturated carbocycles. The van der Waals surface area contributed by atoms with Crippen molar-refractivity contribution in [3.8, 4) is 5.75 Å². The summed E-state index contributed by atoms with van der Waals surface area (Å²) in [6.07, 6.45) is 1.95. The van der Waals surface area contributed by atoms with E-state index >= 15 is 0 Å². The van der Waals surface area contributed by atoms with Gasteiger partial charge in [0.05, 0.1) is 12.2 Å². The van der Waals surface area contributed by atoms with Crippen LogP contribution < -0.4 is 15.6 Å². The average molecular weight is 371 g/mol. The second-order valence-corrected chi connectivity index (χ2v) is 6.92. The number of ether oxygens (including phenoxy) is 1. The Balaban J connectivity index is 2.11. The van der Waals surface area contributed by atoms with Gasteiger partial charge in [0, 0.05) is 25.1 Å². The lowest BCUT2D eigenvalue weighted by atomic mass is 9.86. The normalized spacial score (nSPS) is 15.9. The van der Waals surface area contributed by atoms with E-state index in [0.717, 1.165) is 11.3 Å². The van der Waals surface area contributed by atoms with Gasteiger partial charge in [0.25, 0.3) is 5.56 Å². The monoisotopic (exact) mass is 371 g/mol. The van der Waals surface area contributed by atoms with Crippen LogP contribution in [0, 0.1) is 0 Å². The molecular weight excluding hydrogens is 350 g/mol. The van der Waals surface area contributed by atoms with Crippen LogP contribution in [-0.2, 0) is 11.8 Å². The quantitative estimate of drug-likeness (QED) is 0.480. The van der Waals surface area contributed by atoms with E-state index in [1.807, 2.05) is 31.2 Å². The summed E-state index contributed by atoms with van der Waals surface area (Å²) in [4.78, 5) is 29.3. The summed E-state index contributed by atoms with van der Waals surface area (Å²) in [7, 11) is 1.80. The zero-order valence-electron chi connectivity index (χ0n) is 14.8. The summed E-state index contributed by atoms with van der Waals surface area (Å²) in [5.74, 6) is 1.40. The van der Waals surface area contributed by atoms with E-state index in [0.29, 0.717) is 28.9 Å². The van der Waals surface area contributed by atoms with Crippen molar-refractivity contribution in [2.24, 2.45) is 7.05 Å². The average Bonchev–Trinajstić information content (AvgIpc) is 2.63. The van der Waals surface area contributed by atoms with E-state index in [4.69, 9.17) is 4.74 Å². The van der Waals surface area contributed by atoms with Crippen molar-refractivity contribution in [1.82, 2.24) is 9.55 Å². The zero-order valence-corrected chi connectivity index (χ0v) is 15.6. The molecule has 1 amide bonds. The van der Waals surface area contributed by atoms with Gasteiger partial charge in [-0.1, -0.05) is 30.0 Å². The van der Waals surface area contributed by atoms with Crippen molar-refractivity contribution < 1.29 is 9.53 Å². The summed E-state index contributed by atoms with van der Waals surface area (Å²) in [6.45, 7) is 6.15. The molecule has 1 atom stereocenters. The topological polar surface area (TPSA) is 73.2 Å². The Morgan fingerprint density at radius 3 is 3.00 bits per heavy atom. The highest BCUT2D eigenvalue weighted by Gasteiger charge is 2.32. The Morgan fingerprint density at radius 2 is 2.27 bits per heavy atom. The molecular formula is C19H21N3O3S. The summed E-state index contributed by atoms with van der Waals surface area (Å²) in [6, 6.07) is 7.53. The maximum atomic E-state index is 12.8. The molecule has 1 aromatic heterocycles.